The van der Waals surface area contributed by atoms with Gasteiger partial charge >= 0.3 is 0 Å². The van der Waals surface area contributed by atoms with E-state index in [0.717, 1.165) is 19.3 Å². The molecule has 3 heterocycles. The molecule has 5 rings (SSSR count). The third-order valence-electron chi connectivity index (χ3n) is 6.76. The molecule has 0 aliphatic carbocycles. The molecule has 4 atom stereocenters. The molecule has 2 fully saturated rings. The van der Waals surface area contributed by atoms with E-state index in [2.05, 4.69) is 54.4 Å². The van der Waals surface area contributed by atoms with E-state index in [0.29, 0.717) is 24.9 Å². The molecule has 0 bridgehead atoms. The van der Waals surface area contributed by atoms with Crippen molar-refractivity contribution in [1.82, 2.24) is 9.88 Å². The number of nitrogens with one attached hydrogen (secondary N) is 1. The Morgan fingerprint density at radius 1 is 1.10 bits per heavy atom. The summed E-state index contributed by atoms with van der Waals surface area (Å²) in [6, 6.07) is 21.0. The molecule has 0 unspecified atom stereocenters. The summed E-state index contributed by atoms with van der Waals surface area (Å²) in [5.41, 5.74) is 3.62. The lowest BCUT2D eigenvalue weighted by molar-refractivity contribution is -0.153. The predicted octanol–water partition coefficient (Wildman–Crippen LogP) is 5.07. The fraction of sp³-hybridized carbons (Fsp3) is 0.400. The number of aryl methyl sites for hydroxylation is 1. The van der Waals surface area contributed by atoms with Gasteiger partial charge in [-0.05, 0) is 48.3 Å². The molecule has 3 aromatic rings. The van der Waals surface area contributed by atoms with E-state index in [1.54, 1.807) is 0 Å². The first-order valence-corrected chi connectivity index (χ1v) is 10.8. The second-order valence-electron chi connectivity index (χ2n) is 8.41. The molecule has 2 aliphatic rings. The standard InChI is InChI=1S/C25H28N2O2/c1-2-21-18(12-13-20-14-19-10-6-7-11-22(19)26-20)15-24(28)27-23(16-29-25(21)27)17-8-4-3-5-9-17/h3-11,14,18,21,23,25-26H,2,12-13,15-16H2,1H3/t18-,21+,23+,25-/m1/s1. The van der Waals surface area contributed by atoms with Gasteiger partial charge in [0.2, 0.25) is 5.91 Å². The lowest BCUT2D eigenvalue weighted by Crippen LogP contribution is -2.50. The zero-order valence-corrected chi connectivity index (χ0v) is 16.9. The maximum absolute atomic E-state index is 13.1. The molecule has 2 aromatic carbocycles. The predicted molar refractivity (Wildman–Crippen MR) is 114 cm³/mol. The minimum Gasteiger partial charge on any atom is -0.358 e. The molecule has 0 spiro atoms. The van der Waals surface area contributed by atoms with Crippen LogP contribution in [0.4, 0.5) is 0 Å². The molecule has 4 nitrogen and oxygen atoms in total. The SMILES string of the molecule is CC[C@H]1[C@H](CCc2cc3ccccc3[nH]2)CC(=O)N2[C@@H]1OC[C@H]2c1ccccc1. The number of carbonyl (C=O) groups is 1. The topological polar surface area (TPSA) is 45.3 Å². The Morgan fingerprint density at radius 2 is 1.90 bits per heavy atom. The van der Waals surface area contributed by atoms with Crippen LogP contribution in [-0.4, -0.2) is 28.6 Å². The third-order valence-corrected chi connectivity index (χ3v) is 6.76. The molecule has 1 aromatic heterocycles. The smallest absolute Gasteiger partial charge is 0.225 e. The third kappa shape index (κ3) is 3.36. The number of amides is 1. The van der Waals surface area contributed by atoms with Crippen LogP contribution in [0.2, 0.25) is 0 Å². The first kappa shape index (κ1) is 18.4. The quantitative estimate of drug-likeness (QED) is 0.663. The van der Waals surface area contributed by atoms with Crippen molar-refractivity contribution in [1.29, 1.82) is 0 Å². The number of piperidine rings is 1. The van der Waals surface area contributed by atoms with Gasteiger partial charge in [-0.25, -0.2) is 0 Å². The molecule has 150 valence electrons. The Bertz CT molecular complexity index is 963. The number of benzene rings is 2. The fourth-order valence-electron chi connectivity index (χ4n) is 5.28. The largest absolute Gasteiger partial charge is 0.358 e. The number of rotatable bonds is 5. The van der Waals surface area contributed by atoms with Crippen LogP contribution >= 0.6 is 0 Å². The van der Waals surface area contributed by atoms with E-state index in [1.807, 2.05) is 23.1 Å². The van der Waals surface area contributed by atoms with Crippen molar-refractivity contribution in [2.75, 3.05) is 6.61 Å². The van der Waals surface area contributed by atoms with Crippen LogP contribution in [0, 0.1) is 11.8 Å². The minimum atomic E-state index is -0.0841. The first-order chi connectivity index (χ1) is 14.2. The van der Waals surface area contributed by atoms with E-state index in [9.17, 15) is 4.79 Å². The van der Waals surface area contributed by atoms with Gasteiger partial charge in [0.15, 0.2) is 0 Å². The van der Waals surface area contributed by atoms with Gasteiger partial charge < -0.3 is 14.6 Å². The summed E-state index contributed by atoms with van der Waals surface area (Å²) in [5.74, 6) is 1.01. The summed E-state index contributed by atoms with van der Waals surface area (Å²) in [4.78, 5) is 18.7. The zero-order valence-electron chi connectivity index (χ0n) is 16.9. The van der Waals surface area contributed by atoms with Gasteiger partial charge in [-0.2, -0.15) is 0 Å². The van der Waals surface area contributed by atoms with Crippen molar-refractivity contribution < 1.29 is 9.53 Å². The molecule has 2 saturated heterocycles. The number of ether oxygens (including phenoxy) is 1. The first-order valence-electron chi connectivity index (χ1n) is 10.8. The number of para-hydroxylation sites is 1. The highest BCUT2D eigenvalue weighted by atomic mass is 16.5. The summed E-state index contributed by atoms with van der Waals surface area (Å²) in [6.45, 7) is 2.83. The van der Waals surface area contributed by atoms with Gasteiger partial charge in [-0.3, -0.25) is 4.79 Å². The fourth-order valence-corrected chi connectivity index (χ4v) is 5.28. The van der Waals surface area contributed by atoms with Crippen molar-refractivity contribution in [3.63, 3.8) is 0 Å². The normalized spacial score (nSPS) is 26.8. The van der Waals surface area contributed by atoms with E-state index in [4.69, 9.17) is 4.74 Å². The molecule has 1 N–H and O–H groups in total. The minimum absolute atomic E-state index is 0.0532. The number of carbonyl (C=O) groups excluding carboxylic acids is 1. The van der Waals surface area contributed by atoms with Gasteiger partial charge in [0, 0.05) is 23.5 Å². The number of fused-ring (bicyclic) bond motifs is 2. The maximum atomic E-state index is 13.1. The number of hydrogen-bond acceptors (Lipinski definition) is 2. The molecule has 1 amide bonds. The lowest BCUT2D eigenvalue weighted by Gasteiger charge is -2.42. The van der Waals surface area contributed by atoms with Gasteiger partial charge in [-0.15, -0.1) is 0 Å². The Kier molecular flexibility index (Phi) is 4.88. The Hall–Kier alpha value is -2.59. The average Bonchev–Trinajstić information content (AvgIpc) is 3.37. The lowest BCUT2D eigenvalue weighted by atomic mass is 9.78. The Labute approximate surface area is 171 Å². The summed E-state index contributed by atoms with van der Waals surface area (Å²) in [6.07, 6.45) is 3.56. The highest BCUT2D eigenvalue weighted by molar-refractivity contribution is 5.80. The molecule has 0 radical (unpaired) electrons. The van der Waals surface area contributed by atoms with Crippen LogP contribution < -0.4 is 0 Å². The number of nitrogens with zero attached hydrogens (tertiary/aromatic N) is 1. The van der Waals surface area contributed by atoms with Gasteiger partial charge in [0.1, 0.15) is 6.23 Å². The number of H-pyrrole nitrogens is 1. The van der Waals surface area contributed by atoms with Crippen LogP contribution in [0.25, 0.3) is 10.9 Å². The summed E-state index contributed by atoms with van der Waals surface area (Å²) in [7, 11) is 0. The van der Waals surface area contributed by atoms with Crippen molar-refractivity contribution in [2.24, 2.45) is 11.8 Å². The van der Waals surface area contributed by atoms with Gasteiger partial charge in [-0.1, -0.05) is 55.5 Å². The number of aromatic nitrogens is 1. The summed E-state index contributed by atoms with van der Waals surface area (Å²) < 4.78 is 6.23. The second kappa shape index (κ2) is 7.68. The highest BCUT2D eigenvalue weighted by Gasteiger charge is 2.48. The van der Waals surface area contributed by atoms with E-state index >= 15 is 0 Å². The van der Waals surface area contributed by atoms with Crippen molar-refractivity contribution in [3.8, 4) is 0 Å². The van der Waals surface area contributed by atoms with Crippen LogP contribution in [0.15, 0.2) is 60.7 Å². The Balaban J connectivity index is 1.32. The van der Waals surface area contributed by atoms with Crippen molar-refractivity contribution in [3.05, 3.63) is 71.9 Å². The molecular weight excluding hydrogens is 360 g/mol. The molecular formula is C25H28N2O2. The summed E-state index contributed by atoms with van der Waals surface area (Å²) in [5, 5.41) is 1.25. The van der Waals surface area contributed by atoms with Crippen LogP contribution in [0.3, 0.4) is 0 Å². The highest BCUT2D eigenvalue weighted by Crippen LogP contribution is 2.43. The van der Waals surface area contributed by atoms with Crippen LogP contribution in [0.1, 0.15) is 43.5 Å². The van der Waals surface area contributed by atoms with E-state index in [-0.39, 0.29) is 18.2 Å². The molecule has 0 saturated carbocycles. The summed E-state index contributed by atoms with van der Waals surface area (Å²) >= 11 is 0. The monoisotopic (exact) mass is 388 g/mol. The number of aromatic amines is 1. The Morgan fingerprint density at radius 3 is 2.69 bits per heavy atom. The molecule has 2 aliphatic heterocycles. The van der Waals surface area contributed by atoms with Gasteiger partial charge in [0.05, 0.1) is 12.6 Å². The van der Waals surface area contributed by atoms with Crippen LogP contribution in [0.5, 0.6) is 0 Å². The van der Waals surface area contributed by atoms with Gasteiger partial charge in [0.25, 0.3) is 0 Å². The average molecular weight is 389 g/mol. The van der Waals surface area contributed by atoms with Crippen molar-refractivity contribution in [2.45, 2.75) is 44.9 Å². The maximum Gasteiger partial charge on any atom is 0.225 e. The molecule has 4 heteroatoms. The van der Waals surface area contributed by atoms with Crippen molar-refractivity contribution >= 4 is 16.8 Å². The number of hydrogen-bond donors (Lipinski definition) is 1. The van der Waals surface area contributed by atoms with Crippen LogP contribution in [-0.2, 0) is 16.0 Å². The zero-order chi connectivity index (χ0) is 19.8. The second-order valence-corrected chi connectivity index (χ2v) is 8.41. The van der Waals surface area contributed by atoms with E-state index in [1.165, 1.54) is 22.2 Å². The van der Waals surface area contributed by atoms with E-state index < -0.39 is 0 Å². The molecule has 29 heavy (non-hydrogen) atoms.